The number of nitrogens with zero attached hydrogens (tertiary/aromatic N) is 3. The Bertz CT molecular complexity index is 1230. The largest absolute Gasteiger partial charge is 0.342 e. The van der Waals surface area contributed by atoms with Crippen molar-refractivity contribution in [2.45, 2.75) is 29.9 Å². The van der Waals surface area contributed by atoms with Gasteiger partial charge in [-0.2, -0.15) is 4.31 Å². The molecule has 0 unspecified atom stereocenters. The molecule has 0 radical (unpaired) electrons. The lowest BCUT2D eigenvalue weighted by Gasteiger charge is -2.30. The quantitative estimate of drug-likeness (QED) is 0.642. The number of rotatable bonds is 4. The monoisotopic (exact) mass is 447 g/mol. The molecule has 1 saturated heterocycles. The van der Waals surface area contributed by atoms with Gasteiger partial charge < -0.3 is 5.32 Å². The molecule has 1 fully saturated rings. The molecule has 1 aromatic heterocycles. The van der Waals surface area contributed by atoms with Crippen LogP contribution in [0.5, 0.6) is 0 Å². The van der Waals surface area contributed by atoms with Crippen LogP contribution in [0.4, 0.5) is 5.69 Å². The van der Waals surface area contributed by atoms with Crippen molar-refractivity contribution in [1.29, 1.82) is 0 Å². The summed E-state index contributed by atoms with van der Waals surface area (Å²) >= 11 is 0. The minimum atomic E-state index is -3.64. The molecular weight excluding hydrogens is 422 g/mol. The molecule has 32 heavy (non-hydrogen) atoms. The van der Waals surface area contributed by atoms with Crippen molar-refractivity contribution in [1.82, 2.24) is 14.6 Å². The van der Waals surface area contributed by atoms with Crippen LogP contribution in [-0.4, -0.2) is 42.2 Å². The van der Waals surface area contributed by atoms with E-state index in [1.807, 2.05) is 48.5 Å². The van der Waals surface area contributed by atoms with Crippen molar-refractivity contribution in [3.63, 3.8) is 0 Å². The maximum Gasteiger partial charge on any atom is 0.244 e. The van der Waals surface area contributed by atoms with E-state index in [-0.39, 0.29) is 4.90 Å². The summed E-state index contributed by atoms with van der Waals surface area (Å²) in [5.74, 6) is 0.773. The number of anilines is 1. The molecule has 2 aromatic carbocycles. The third-order valence-electron chi connectivity index (χ3n) is 6.11. The fraction of sp³-hybridized carbons (Fsp3) is 0.250. The Morgan fingerprint density at radius 3 is 2.66 bits per heavy atom. The molecule has 8 heteroatoms. The topological polar surface area (TPSA) is 86.7 Å². The molecule has 2 aliphatic rings. The molecule has 2 N–H and O–H groups in total. The molecule has 164 valence electrons. The third kappa shape index (κ3) is 3.92. The van der Waals surface area contributed by atoms with E-state index in [0.717, 1.165) is 22.6 Å². The van der Waals surface area contributed by atoms with Crippen LogP contribution in [0.25, 0.3) is 0 Å². The number of para-hydroxylation sites is 1. The Morgan fingerprint density at radius 1 is 1.03 bits per heavy atom. The zero-order valence-electron chi connectivity index (χ0n) is 17.6. The number of nitrogens with one attached hydrogen (secondary N) is 2. The lowest BCUT2D eigenvalue weighted by Crippen LogP contribution is -2.55. The van der Waals surface area contributed by atoms with Gasteiger partial charge in [-0.15, -0.1) is 0 Å². The first-order chi connectivity index (χ1) is 15.6. The number of benzene rings is 2. The molecule has 1 spiro atoms. The zero-order chi connectivity index (χ0) is 22.0. The first-order valence-corrected chi connectivity index (χ1v) is 12.1. The molecule has 3 aromatic rings. The average Bonchev–Trinajstić information content (AvgIpc) is 3.22. The second-order valence-electron chi connectivity index (χ2n) is 8.15. The van der Waals surface area contributed by atoms with E-state index in [1.165, 1.54) is 10.5 Å². The van der Waals surface area contributed by atoms with E-state index in [4.69, 9.17) is 4.99 Å². The fourth-order valence-corrected chi connectivity index (χ4v) is 5.77. The minimum absolute atomic E-state index is 0.213. The van der Waals surface area contributed by atoms with Gasteiger partial charge in [0.25, 0.3) is 0 Å². The summed E-state index contributed by atoms with van der Waals surface area (Å²) in [6.45, 7) is 1.86. The number of hydrogen-bond donors (Lipinski definition) is 2. The van der Waals surface area contributed by atoms with Gasteiger partial charge in [0.15, 0.2) is 0 Å². The molecular formula is C24H25N5O2S. The number of hydrogen-bond acceptors (Lipinski definition) is 5. The van der Waals surface area contributed by atoms with Crippen LogP contribution < -0.4 is 10.6 Å². The maximum absolute atomic E-state index is 13.2. The van der Waals surface area contributed by atoms with Crippen LogP contribution in [0.3, 0.4) is 0 Å². The molecule has 1 atom stereocenters. The van der Waals surface area contributed by atoms with Crippen molar-refractivity contribution >= 4 is 21.5 Å². The second kappa shape index (κ2) is 8.46. The minimum Gasteiger partial charge on any atom is -0.342 e. The van der Waals surface area contributed by atoms with Gasteiger partial charge in [-0.3, -0.25) is 15.3 Å². The van der Waals surface area contributed by atoms with Crippen molar-refractivity contribution in [2.75, 3.05) is 18.4 Å². The first-order valence-electron chi connectivity index (χ1n) is 10.7. The number of aliphatic imine (C=N–C) groups is 1. The van der Waals surface area contributed by atoms with Gasteiger partial charge in [-0.05, 0) is 35.7 Å². The highest BCUT2D eigenvalue weighted by atomic mass is 32.2. The van der Waals surface area contributed by atoms with Gasteiger partial charge in [0.1, 0.15) is 10.7 Å². The maximum atomic E-state index is 13.2. The highest BCUT2D eigenvalue weighted by Crippen LogP contribution is 2.32. The van der Waals surface area contributed by atoms with Crippen molar-refractivity contribution < 1.29 is 8.42 Å². The Labute approximate surface area is 188 Å². The Hall–Kier alpha value is -3.07. The summed E-state index contributed by atoms with van der Waals surface area (Å²) in [6, 6.07) is 21.4. The summed E-state index contributed by atoms with van der Waals surface area (Å²) < 4.78 is 28.0. The van der Waals surface area contributed by atoms with Gasteiger partial charge >= 0.3 is 0 Å². The molecule has 0 amide bonds. The molecule has 7 nitrogen and oxygen atoms in total. The Morgan fingerprint density at radius 2 is 1.84 bits per heavy atom. The summed E-state index contributed by atoms with van der Waals surface area (Å²) in [5.41, 5.74) is 2.64. The van der Waals surface area contributed by atoms with E-state index in [2.05, 4.69) is 21.7 Å². The van der Waals surface area contributed by atoms with Crippen molar-refractivity contribution in [3.8, 4) is 0 Å². The van der Waals surface area contributed by atoms with Crippen molar-refractivity contribution in [2.24, 2.45) is 4.99 Å². The zero-order valence-corrected chi connectivity index (χ0v) is 18.4. The van der Waals surface area contributed by atoms with Crippen molar-refractivity contribution in [3.05, 3.63) is 90.3 Å². The van der Waals surface area contributed by atoms with Crippen LogP contribution >= 0.6 is 0 Å². The number of sulfonamides is 1. The fourth-order valence-electron chi connectivity index (χ4n) is 4.30. The SMILES string of the molecule is O=S(=O)(c1cccnc1)N1CC[C@]2(C1)NCc1ccccc1NC2=NCc1ccccc1. The Kier molecular flexibility index (Phi) is 5.50. The molecule has 5 rings (SSSR count). The van der Waals surface area contributed by atoms with E-state index < -0.39 is 15.6 Å². The summed E-state index contributed by atoms with van der Waals surface area (Å²) in [6.07, 6.45) is 3.60. The average molecular weight is 448 g/mol. The third-order valence-corrected chi connectivity index (χ3v) is 7.94. The summed E-state index contributed by atoms with van der Waals surface area (Å²) in [4.78, 5) is 9.15. The van der Waals surface area contributed by atoms with Gasteiger partial charge in [0, 0.05) is 37.7 Å². The van der Waals surface area contributed by atoms with Gasteiger partial charge in [0.2, 0.25) is 10.0 Å². The number of pyridine rings is 1. The van der Waals surface area contributed by atoms with E-state index >= 15 is 0 Å². The second-order valence-corrected chi connectivity index (χ2v) is 10.1. The van der Waals surface area contributed by atoms with Crippen LogP contribution in [0.2, 0.25) is 0 Å². The highest BCUT2D eigenvalue weighted by molar-refractivity contribution is 7.89. The van der Waals surface area contributed by atoms with Crippen LogP contribution in [0.15, 0.2) is 89.0 Å². The van der Waals surface area contributed by atoms with E-state index in [1.54, 1.807) is 18.3 Å². The van der Waals surface area contributed by atoms with E-state index in [9.17, 15) is 8.42 Å². The highest BCUT2D eigenvalue weighted by Gasteiger charge is 2.47. The first kappa shape index (κ1) is 20.8. The number of aromatic nitrogens is 1. The Balaban J connectivity index is 1.49. The smallest absolute Gasteiger partial charge is 0.244 e. The normalized spacial score (nSPS) is 22.4. The molecule has 0 aliphatic carbocycles. The predicted molar refractivity (Wildman–Crippen MR) is 125 cm³/mol. The predicted octanol–water partition coefficient (Wildman–Crippen LogP) is 3.03. The van der Waals surface area contributed by atoms with Crippen LogP contribution in [0, 0.1) is 0 Å². The summed E-state index contributed by atoms with van der Waals surface area (Å²) in [7, 11) is -3.64. The molecule has 2 aliphatic heterocycles. The lowest BCUT2D eigenvalue weighted by molar-refractivity contribution is 0.420. The standard InChI is InChI=1S/C24H25N5O2S/c30-32(31,21-10-6-13-25-17-21)29-14-12-24(18-29)23(26-15-19-7-2-1-3-8-19)28-22-11-5-4-9-20(22)16-27-24/h1-11,13,17,27H,12,14-16,18H2,(H,26,28)/t24-/m1/s1. The van der Waals surface area contributed by atoms with Gasteiger partial charge in [-0.25, -0.2) is 8.42 Å². The lowest BCUT2D eigenvalue weighted by atomic mass is 9.96. The number of fused-ring (bicyclic) bond motifs is 1. The van der Waals surface area contributed by atoms with E-state index in [0.29, 0.717) is 32.6 Å². The molecule has 0 bridgehead atoms. The summed E-state index contributed by atoms with van der Waals surface area (Å²) in [5, 5.41) is 7.17. The molecule has 0 saturated carbocycles. The van der Waals surface area contributed by atoms with Crippen LogP contribution in [-0.2, 0) is 23.1 Å². The number of amidine groups is 1. The molecule has 3 heterocycles. The van der Waals surface area contributed by atoms with Gasteiger partial charge in [0.05, 0.1) is 12.1 Å². The van der Waals surface area contributed by atoms with Gasteiger partial charge in [-0.1, -0.05) is 48.5 Å². The van der Waals surface area contributed by atoms with Crippen LogP contribution in [0.1, 0.15) is 17.5 Å².